The average molecular weight is 424 g/mol. The van der Waals surface area contributed by atoms with Crippen LogP contribution in [-0.2, 0) is 9.59 Å². The summed E-state index contributed by atoms with van der Waals surface area (Å²) in [5.74, 6) is 1.38. The number of para-hydroxylation sites is 1. The molecule has 0 aromatic heterocycles. The number of methoxy groups -OCH3 is 3. The van der Waals surface area contributed by atoms with Gasteiger partial charge in [-0.25, -0.2) is 0 Å². The first-order chi connectivity index (χ1) is 15.0. The Morgan fingerprint density at radius 3 is 2.13 bits per heavy atom. The molecule has 1 fully saturated rings. The maximum absolute atomic E-state index is 12.6. The molecule has 2 aromatic rings. The van der Waals surface area contributed by atoms with Gasteiger partial charge in [0.2, 0.25) is 17.6 Å². The highest BCUT2D eigenvalue weighted by Gasteiger charge is 2.26. The maximum atomic E-state index is 12.6. The smallest absolute Gasteiger partial charge is 0.246 e. The van der Waals surface area contributed by atoms with Crippen molar-refractivity contribution in [1.82, 2.24) is 4.90 Å². The molecule has 0 unspecified atom stereocenters. The minimum Gasteiger partial charge on any atom is -0.493 e. The van der Waals surface area contributed by atoms with E-state index in [4.69, 9.17) is 14.2 Å². The van der Waals surface area contributed by atoms with Crippen LogP contribution >= 0.6 is 0 Å². The molecule has 0 radical (unpaired) electrons. The van der Waals surface area contributed by atoms with Gasteiger partial charge in [-0.05, 0) is 48.7 Å². The summed E-state index contributed by atoms with van der Waals surface area (Å²) in [6, 6.07) is 13.0. The number of nitrogens with one attached hydrogen (secondary N) is 1. The molecule has 1 saturated heterocycles. The number of ether oxygens (including phenoxy) is 3. The highest BCUT2D eigenvalue weighted by molar-refractivity contribution is 5.94. The van der Waals surface area contributed by atoms with Gasteiger partial charge in [0, 0.05) is 30.8 Å². The summed E-state index contributed by atoms with van der Waals surface area (Å²) < 4.78 is 16.0. The highest BCUT2D eigenvalue weighted by Crippen LogP contribution is 2.38. The van der Waals surface area contributed by atoms with Crippen molar-refractivity contribution in [3.63, 3.8) is 0 Å². The van der Waals surface area contributed by atoms with E-state index >= 15 is 0 Å². The van der Waals surface area contributed by atoms with E-state index in [1.54, 1.807) is 44.4 Å². The van der Waals surface area contributed by atoms with Crippen LogP contribution in [-0.4, -0.2) is 51.1 Å². The largest absolute Gasteiger partial charge is 0.493 e. The van der Waals surface area contributed by atoms with Crippen molar-refractivity contribution in [3.05, 3.63) is 54.1 Å². The van der Waals surface area contributed by atoms with Crippen LogP contribution < -0.4 is 19.5 Å². The van der Waals surface area contributed by atoms with Crippen LogP contribution in [0.1, 0.15) is 18.4 Å². The zero-order valence-corrected chi connectivity index (χ0v) is 18.1. The molecule has 0 aliphatic carbocycles. The topological polar surface area (TPSA) is 77.1 Å². The number of nitrogens with zero attached hydrogens (tertiary/aromatic N) is 1. The summed E-state index contributed by atoms with van der Waals surface area (Å²) >= 11 is 0. The molecule has 7 heteroatoms. The fourth-order valence-electron chi connectivity index (χ4n) is 3.60. The first-order valence-electron chi connectivity index (χ1n) is 10.2. The number of rotatable bonds is 7. The molecular formula is C24H28N2O5. The van der Waals surface area contributed by atoms with Gasteiger partial charge in [-0.2, -0.15) is 0 Å². The summed E-state index contributed by atoms with van der Waals surface area (Å²) in [7, 11) is 4.64. The maximum Gasteiger partial charge on any atom is 0.246 e. The van der Waals surface area contributed by atoms with Crippen molar-refractivity contribution in [1.29, 1.82) is 0 Å². The highest BCUT2D eigenvalue weighted by atomic mass is 16.5. The SMILES string of the molecule is COc1cc(/C=C/C(=O)N2CCC(C(=O)Nc3ccccc3)CC2)cc(OC)c1OC. The zero-order chi connectivity index (χ0) is 22.2. The van der Waals surface area contributed by atoms with Crippen molar-refractivity contribution < 1.29 is 23.8 Å². The average Bonchev–Trinajstić information content (AvgIpc) is 2.82. The number of amides is 2. The van der Waals surface area contributed by atoms with Crippen molar-refractivity contribution in [2.45, 2.75) is 12.8 Å². The van der Waals surface area contributed by atoms with Gasteiger partial charge in [-0.1, -0.05) is 18.2 Å². The number of anilines is 1. The predicted octanol–water partition coefficient (Wildman–Crippen LogP) is 3.60. The Morgan fingerprint density at radius 1 is 0.968 bits per heavy atom. The Labute approximate surface area is 182 Å². The molecule has 31 heavy (non-hydrogen) atoms. The Morgan fingerprint density at radius 2 is 1.58 bits per heavy atom. The van der Waals surface area contributed by atoms with E-state index in [2.05, 4.69) is 5.32 Å². The lowest BCUT2D eigenvalue weighted by molar-refractivity contribution is -0.130. The summed E-state index contributed by atoms with van der Waals surface area (Å²) in [6.45, 7) is 1.09. The molecule has 0 bridgehead atoms. The van der Waals surface area contributed by atoms with Gasteiger partial charge in [-0.15, -0.1) is 0 Å². The van der Waals surface area contributed by atoms with Crippen LogP contribution in [0.2, 0.25) is 0 Å². The number of carbonyl (C=O) groups excluding carboxylic acids is 2. The van der Waals surface area contributed by atoms with E-state index in [9.17, 15) is 9.59 Å². The van der Waals surface area contributed by atoms with Crippen LogP contribution in [0.25, 0.3) is 6.08 Å². The summed E-state index contributed by atoms with van der Waals surface area (Å²) in [6.07, 6.45) is 4.54. The van der Waals surface area contributed by atoms with Gasteiger partial charge >= 0.3 is 0 Å². The quantitative estimate of drug-likeness (QED) is 0.687. The Kier molecular flexibility index (Phi) is 7.54. The third-order valence-corrected chi connectivity index (χ3v) is 5.32. The number of hydrogen-bond acceptors (Lipinski definition) is 5. The van der Waals surface area contributed by atoms with Gasteiger partial charge in [-0.3, -0.25) is 9.59 Å². The van der Waals surface area contributed by atoms with Crippen molar-refractivity contribution >= 4 is 23.6 Å². The Hall–Kier alpha value is -3.48. The number of benzene rings is 2. The second kappa shape index (κ2) is 10.5. The summed E-state index contributed by atoms with van der Waals surface area (Å²) in [4.78, 5) is 26.9. The van der Waals surface area contributed by atoms with Crippen molar-refractivity contribution in [3.8, 4) is 17.2 Å². The Bertz CT molecular complexity index is 909. The van der Waals surface area contributed by atoms with Crippen LogP contribution in [0.15, 0.2) is 48.5 Å². The van der Waals surface area contributed by atoms with E-state index in [0.29, 0.717) is 43.2 Å². The number of piperidine rings is 1. The van der Waals surface area contributed by atoms with E-state index < -0.39 is 0 Å². The molecule has 0 saturated carbocycles. The van der Waals surface area contributed by atoms with Gasteiger partial charge in [0.25, 0.3) is 0 Å². The molecule has 2 amide bonds. The van der Waals surface area contributed by atoms with E-state index in [1.165, 1.54) is 6.08 Å². The van der Waals surface area contributed by atoms with E-state index in [0.717, 1.165) is 11.3 Å². The van der Waals surface area contributed by atoms with Gasteiger partial charge in [0.15, 0.2) is 11.5 Å². The van der Waals surface area contributed by atoms with Crippen LogP contribution in [0.3, 0.4) is 0 Å². The fourth-order valence-corrected chi connectivity index (χ4v) is 3.60. The molecule has 3 rings (SSSR count). The first-order valence-corrected chi connectivity index (χ1v) is 10.2. The molecular weight excluding hydrogens is 396 g/mol. The van der Waals surface area contributed by atoms with Crippen LogP contribution in [0.4, 0.5) is 5.69 Å². The number of carbonyl (C=O) groups is 2. The van der Waals surface area contributed by atoms with Crippen LogP contribution in [0.5, 0.6) is 17.2 Å². The Balaban J connectivity index is 1.57. The number of hydrogen-bond donors (Lipinski definition) is 1. The molecule has 0 atom stereocenters. The molecule has 0 spiro atoms. The molecule has 1 N–H and O–H groups in total. The third-order valence-electron chi connectivity index (χ3n) is 5.32. The summed E-state index contributed by atoms with van der Waals surface area (Å²) in [5, 5.41) is 2.94. The lowest BCUT2D eigenvalue weighted by Crippen LogP contribution is -2.40. The molecule has 1 aliphatic rings. The lowest BCUT2D eigenvalue weighted by Gasteiger charge is -2.30. The first kappa shape index (κ1) is 22.2. The molecule has 1 heterocycles. The zero-order valence-electron chi connectivity index (χ0n) is 18.1. The minimum atomic E-state index is -0.0941. The van der Waals surface area contributed by atoms with E-state index in [-0.39, 0.29) is 17.7 Å². The standard InChI is InChI=1S/C24H28N2O5/c1-29-20-15-17(16-21(30-2)23(20)31-3)9-10-22(27)26-13-11-18(12-14-26)24(28)25-19-7-5-4-6-8-19/h4-10,15-16,18H,11-14H2,1-3H3,(H,25,28)/b10-9+. The third kappa shape index (κ3) is 5.57. The normalized spacial score (nSPS) is 14.4. The minimum absolute atomic E-state index is 0.00580. The predicted molar refractivity (Wildman–Crippen MR) is 120 cm³/mol. The molecule has 1 aliphatic heterocycles. The summed E-state index contributed by atoms with van der Waals surface area (Å²) in [5.41, 5.74) is 1.55. The molecule has 2 aromatic carbocycles. The second-order valence-corrected chi connectivity index (χ2v) is 7.25. The molecule has 7 nitrogen and oxygen atoms in total. The fraction of sp³-hybridized carbons (Fsp3) is 0.333. The lowest BCUT2D eigenvalue weighted by atomic mass is 9.95. The number of likely N-dealkylation sites (tertiary alicyclic amines) is 1. The van der Waals surface area contributed by atoms with Crippen molar-refractivity contribution in [2.75, 3.05) is 39.7 Å². The molecule has 164 valence electrons. The van der Waals surface area contributed by atoms with Crippen LogP contribution in [0, 0.1) is 5.92 Å². The van der Waals surface area contributed by atoms with Gasteiger partial charge in [0.05, 0.1) is 21.3 Å². The van der Waals surface area contributed by atoms with Gasteiger partial charge in [0.1, 0.15) is 0 Å². The van der Waals surface area contributed by atoms with Crippen molar-refractivity contribution in [2.24, 2.45) is 5.92 Å². The van der Waals surface area contributed by atoms with E-state index in [1.807, 2.05) is 30.3 Å². The monoisotopic (exact) mass is 424 g/mol. The van der Waals surface area contributed by atoms with Gasteiger partial charge < -0.3 is 24.4 Å². The second-order valence-electron chi connectivity index (χ2n) is 7.25.